The second-order valence-electron chi connectivity index (χ2n) is 5.80. The van der Waals surface area contributed by atoms with E-state index in [1.807, 2.05) is 37.2 Å². The van der Waals surface area contributed by atoms with E-state index in [0.29, 0.717) is 12.5 Å². The number of hydrogen-bond donors (Lipinski definition) is 1. The molecule has 0 aliphatic carbocycles. The number of nitrogens with zero attached hydrogens (tertiary/aromatic N) is 2. The van der Waals surface area contributed by atoms with Crippen molar-refractivity contribution < 1.29 is 14.6 Å². The largest absolute Gasteiger partial charge is 0.493 e. The van der Waals surface area contributed by atoms with Gasteiger partial charge in [0.05, 0.1) is 13.2 Å². The molecule has 0 saturated heterocycles. The predicted octanol–water partition coefficient (Wildman–Crippen LogP) is 1.50. The molecule has 0 fully saturated rings. The van der Waals surface area contributed by atoms with E-state index in [0.717, 1.165) is 31.8 Å². The molecule has 1 atom stereocenters. The zero-order valence-electron chi connectivity index (χ0n) is 12.8. The number of ether oxygens (including phenoxy) is 1. The predicted molar refractivity (Wildman–Crippen MR) is 81.9 cm³/mol. The Morgan fingerprint density at radius 1 is 1.33 bits per heavy atom. The minimum atomic E-state index is -0.769. The van der Waals surface area contributed by atoms with E-state index in [9.17, 15) is 4.79 Å². The summed E-state index contributed by atoms with van der Waals surface area (Å²) in [5.74, 6) is 0.516. The van der Waals surface area contributed by atoms with Gasteiger partial charge >= 0.3 is 5.97 Å². The van der Waals surface area contributed by atoms with Gasteiger partial charge in [-0.1, -0.05) is 18.2 Å². The normalized spacial score (nSPS) is 17.6. The maximum absolute atomic E-state index is 11.1. The molecule has 2 rings (SSSR count). The molecular weight excluding hydrogens is 268 g/mol. The van der Waals surface area contributed by atoms with Crippen molar-refractivity contribution in [2.75, 3.05) is 46.9 Å². The Kier molecular flexibility index (Phi) is 5.59. The minimum absolute atomic E-state index is 0.0906. The van der Waals surface area contributed by atoms with Crippen LogP contribution in [0.25, 0.3) is 0 Å². The highest BCUT2D eigenvalue weighted by atomic mass is 16.5. The molecule has 21 heavy (non-hydrogen) atoms. The molecule has 1 heterocycles. The third-order valence-corrected chi connectivity index (χ3v) is 3.78. The van der Waals surface area contributed by atoms with Crippen LogP contribution in [0.2, 0.25) is 0 Å². The van der Waals surface area contributed by atoms with E-state index in [4.69, 9.17) is 9.84 Å². The van der Waals surface area contributed by atoms with E-state index in [2.05, 4.69) is 11.0 Å². The summed E-state index contributed by atoms with van der Waals surface area (Å²) in [7, 11) is 4.01. The first kappa shape index (κ1) is 15.8. The number of carboxylic acid groups (broad SMARTS) is 1. The van der Waals surface area contributed by atoms with Gasteiger partial charge in [-0.2, -0.15) is 0 Å². The average molecular weight is 292 g/mol. The van der Waals surface area contributed by atoms with Crippen LogP contribution in [-0.4, -0.2) is 67.8 Å². The Labute approximate surface area is 126 Å². The molecule has 0 radical (unpaired) electrons. The Balaban J connectivity index is 2.04. The van der Waals surface area contributed by atoms with Crippen LogP contribution in [0.4, 0.5) is 0 Å². The number of fused-ring (bicyclic) bond motifs is 1. The molecule has 1 aliphatic rings. The Bertz CT molecular complexity index is 476. The van der Waals surface area contributed by atoms with Crippen LogP contribution < -0.4 is 4.74 Å². The molecule has 1 aromatic carbocycles. The molecule has 1 unspecified atom stereocenters. The van der Waals surface area contributed by atoms with Crippen molar-refractivity contribution in [3.05, 3.63) is 29.8 Å². The third kappa shape index (κ3) is 4.72. The fourth-order valence-electron chi connectivity index (χ4n) is 2.68. The van der Waals surface area contributed by atoms with Crippen LogP contribution in [-0.2, 0) is 4.79 Å². The lowest BCUT2D eigenvalue weighted by molar-refractivity contribution is -0.138. The zero-order valence-corrected chi connectivity index (χ0v) is 12.8. The van der Waals surface area contributed by atoms with Gasteiger partial charge in [0, 0.05) is 25.6 Å². The topological polar surface area (TPSA) is 53.0 Å². The fraction of sp³-hybridized carbons (Fsp3) is 0.562. The first-order valence-corrected chi connectivity index (χ1v) is 7.37. The molecule has 5 nitrogen and oxygen atoms in total. The van der Waals surface area contributed by atoms with Crippen LogP contribution in [0.3, 0.4) is 0 Å². The third-order valence-electron chi connectivity index (χ3n) is 3.78. The molecule has 0 aromatic heterocycles. The number of likely N-dealkylation sites (N-methyl/N-ethyl adjacent to an activating group) is 1. The van der Waals surface area contributed by atoms with Gasteiger partial charge in [0.2, 0.25) is 0 Å². The molecule has 116 valence electrons. The molecule has 5 heteroatoms. The number of carbonyl (C=O) groups is 1. The van der Waals surface area contributed by atoms with Gasteiger partial charge in [0.15, 0.2) is 0 Å². The zero-order chi connectivity index (χ0) is 15.2. The van der Waals surface area contributed by atoms with Gasteiger partial charge < -0.3 is 14.7 Å². The second kappa shape index (κ2) is 7.43. The Morgan fingerprint density at radius 2 is 2.10 bits per heavy atom. The summed E-state index contributed by atoms with van der Waals surface area (Å²) in [6.07, 6.45) is 0.940. The highest BCUT2D eigenvalue weighted by Gasteiger charge is 2.24. The van der Waals surface area contributed by atoms with E-state index in [1.54, 1.807) is 0 Å². The van der Waals surface area contributed by atoms with Crippen molar-refractivity contribution in [1.29, 1.82) is 0 Å². The summed E-state index contributed by atoms with van der Waals surface area (Å²) in [5, 5.41) is 9.09. The van der Waals surface area contributed by atoms with E-state index in [-0.39, 0.29) is 6.54 Å². The maximum Gasteiger partial charge on any atom is 0.317 e. The highest BCUT2D eigenvalue weighted by molar-refractivity contribution is 5.69. The van der Waals surface area contributed by atoms with E-state index in [1.165, 1.54) is 5.56 Å². The minimum Gasteiger partial charge on any atom is -0.493 e. The van der Waals surface area contributed by atoms with Crippen molar-refractivity contribution in [2.24, 2.45) is 0 Å². The number of hydrogen-bond acceptors (Lipinski definition) is 4. The van der Waals surface area contributed by atoms with Gasteiger partial charge in [-0.05, 0) is 32.1 Å². The molecule has 1 aliphatic heterocycles. The van der Waals surface area contributed by atoms with Gasteiger partial charge in [-0.15, -0.1) is 0 Å². The molecule has 1 N–H and O–H groups in total. The molecule has 0 bridgehead atoms. The van der Waals surface area contributed by atoms with Crippen LogP contribution in [0.5, 0.6) is 5.75 Å². The smallest absolute Gasteiger partial charge is 0.317 e. The van der Waals surface area contributed by atoms with Crippen molar-refractivity contribution in [1.82, 2.24) is 9.80 Å². The number of carboxylic acids is 1. The van der Waals surface area contributed by atoms with Gasteiger partial charge in [0.25, 0.3) is 0 Å². The molecule has 0 amide bonds. The van der Waals surface area contributed by atoms with Crippen LogP contribution >= 0.6 is 0 Å². The number of rotatable bonds is 7. The first-order chi connectivity index (χ1) is 10.1. The van der Waals surface area contributed by atoms with Gasteiger partial charge in [-0.3, -0.25) is 9.69 Å². The van der Waals surface area contributed by atoms with Gasteiger partial charge in [-0.25, -0.2) is 0 Å². The summed E-state index contributed by atoms with van der Waals surface area (Å²) in [5.41, 5.74) is 1.20. The Morgan fingerprint density at radius 3 is 2.81 bits per heavy atom. The standard InChI is InChI=1S/C16H24N2O3/c1-17(2)8-9-18(12-16(19)20)11-13-7-10-21-15-6-4-3-5-14(13)15/h3-6,13H,7-12H2,1-2H3,(H,19,20). The number of para-hydroxylation sites is 1. The van der Waals surface area contributed by atoms with Crippen LogP contribution in [0, 0.1) is 0 Å². The Hall–Kier alpha value is -1.59. The summed E-state index contributed by atoms with van der Waals surface area (Å²) in [6.45, 7) is 3.18. The summed E-state index contributed by atoms with van der Waals surface area (Å²) >= 11 is 0. The van der Waals surface area contributed by atoms with E-state index < -0.39 is 5.97 Å². The first-order valence-electron chi connectivity index (χ1n) is 7.37. The lowest BCUT2D eigenvalue weighted by Gasteiger charge is -2.31. The van der Waals surface area contributed by atoms with Crippen molar-refractivity contribution in [2.45, 2.75) is 12.3 Å². The van der Waals surface area contributed by atoms with Crippen molar-refractivity contribution >= 4 is 5.97 Å². The maximum atomic E-state index is 11.1. The highest BCUT2D eigenvalue weighted by Crippen LogP contribution is 2.33. The molecule has 0 spiro atoms. The average Bonchev–Trinajstić information content (AvgIpc) is 2.44. The fourth-order valence-corrected chi connectivity index (χ4v) is 2.68. The van der Waals surface area contributed by atoms with Crippen molar-refractivity contribution in [3.8, 4) is 5.75 Å². The summed E-state index contributed by atoms with van der Waals surface area (Å²) in [6, 6.07) is 8.07. The quantitative estimate of drug-likeness (QED) is 0.825. The molecule has 1 aromatic rings. The molecular formula is C16H24N2O3. The van der Waals surface area contributed by atoms with Crippen LogP contribution in [0.1, 0.15) is 17.9 Å². The monoisotopic (exact) mass is 292 g/mol. The lowest BCUT2D eigenvalue weighted by Crippen LogP contribution is -2.39. The van der Waals surface area contributed by atoms with Gasteiger partial charge in [0.1, 0.15) is 5.75 Å². The van der Waals surface area contributed by atoms with Crippen LogP contribution in [0.15, 0.2) is 24.3 Å². The SMILES string of the molecule is CN(C)CCN(CC(=O)O)CC1CCOc2ccccc21. The van der Waals surface area contributed by atoms with E-state index >= 15 is 0 Å². The lowest BCUT2D eigenvalue weighted by atomic mass is 9.92. The number of benzene rings is 1. The number of aliphatic carboxylic acids is 1. The summed E-state index contributed by atoms with van der Waals surface area (Å²) in [4.78, 5) is 15.2. The second-order valence-corrected chi connectivity index (χ2v) is 5.80. The van der Waals surface area contributed by atoms with Crippen molar-refractivity contribution in [3.63, 3.8) is 0 Å². The molecule has 0 saturated carbocycles. The summed E-state index contributed by atoms with van der Waals surface area (Å²) < 4.78 is 5.67.